The Labute approximate surface area is 223 Å². The van der Waals surface area contributed by atoms with Gasteiger partial charge in [0.15, 0.2) is 17.6 Å². The number of likely N-dealkylation sites (tertiary alicyclic amines) is 1. The van der Waals surface area contributed by atoms with Gasteiger partial charge in [-0.2, -0.15) is 4.52 Å². The standard InChI is InChI=1S/C20H14N6O3.C7H14N2O/c1-12-8-17(25-29-12)19-23-22-18-15-4-2-3-5-16(15)20(24-26(18)19)28-11-14-7-6-13(10-27)9-21-14;1-9-4-2-3-6(5-9)7(8)10/h2-10H,11H2,1H3;6H,2-5H2,1H3,(H2,8,10). The second-order valence-corrected chi connectivity index (χ2v) is 9.43. The maximum absolute atomic E-state index is 10.8. The average Bonchev–Trinajstić information content (AvgIpc) is 3.58. The Hall–Kier alpha value is -4.71. The normalized spacial score (nSPS) is 15.6. The predicted molar refractivity (Wildman–Crippen MR) is 142 cm³/mol. The van der Waals surface area contributed by atoms with Crippen LogP contribution in [0.4, 0.5) is 0 Å². The van der Waals surface area contributed by atoms with Crippen LogP contribution in [0.1, 0.15) is 34.7 Å². The Kier molecular flexibility index (Phi) is 7.55. The van der Waals surface area contributed by atoms with E-state index < -0.39 is 0 Å². The van der Waals surface area contributed by atoms with Crippen LogP contribution < -0.4 is 10.5 Å². The lowest BCUT2D eigenvalue weighted by Crippen LogP contribution is -2.38. The topological polar surface area (TPSA) is 155 Å². The molecule has 200 valence electrons. The fourth-order valence-electron chi connectivity index (χ4n) is 4.42. The molecule has 5 heterocycles. The molecule has 0 saturated carbocycles. The zero-order valence-corrected chi connectivity index (χ0v) is 21.6. The van der Waals surface area contributed by atoms with E-state index in [1.807, 2.05) is 31.3 Å². The first kappa shape index (κ1) is 25.9. The summed E-state index contributed by atoms with van der Waals surface area (Å²) in [5.74, 6) is 1.49. The molecule has 12 nitrogen and oxygen atoms in total. The lowest BCUT2D eigenvalue weighted by atomic mass is 9.98. The van der Waals surface area contributed by atoms with E-state index >= 15 is 0 Å². The second kappa shape index (κ2) is 11.4. The van der Waals surface area contributed by atoms with Gasteiger partial charge in [0.1, 0.15) is 12.4 Å². The number of aromatic nitrogens is 6. The number of fused-ring (bicyclic) bond motifs is 3. The molecule has 0 bridgehead atoms. The van der Waals surface area contributed by atoms with E-state index in [0.29, 0.717) is 40.1 Å². The van der Waals surface area contributed by atoms with E-state index in [-0.39, 0.29) is 18.4 Å². The smallest absolute Gasteiger partial charge is 0.240 e. The van der Waals surface area contributed by atoms with Crippen molar-refractivity contribution in [2.24, 2.45) is 11.7 Å². The molecule has 0 radical (unpaired) electrons. The minimum absolute atomic E-state index is 0.0961. The van der Waals surface area contributed by atoms with Gasteiger partial charge in [0.2, 0.25) is 17.6 Å². The predicted octanol–water partition coefficient (Wildman–Crippen LogP) is 2.84. The van der Waals surface area contributed by atoms with Crippen molar-refractivity contribution < 1.29 is 18.8 Å². The summed E-state index contributed by atoms with van der Waals surface area (Å²) in [5.41, 5.74) is 7.48. The van der Waals surface area contributed by atoms with Crippen molar-refractivity contribution in [3.63, 3.8) is 0 Å². The molecule has 2 N–H and O–H groups in total. The van der Waals surface area contributed by atoms with Crippen LogP contribution >= 0.6 is 0 Å². The van der Waals surface area contributed by atoms with Crippen molar-refractivity contribution in [1.82, 2.24) is 34.9 Å². The Morgan fingerprint density at radius 3 is 2.67 bits per heavy atom. The number of aryl methyl sites for hydroxylation is 1. The number of carbonyl (C=O) groups excluding carboxylic acids is 2. The lowest BCUT2D eigenvalue weighted by molar-refractivity contribution is -0.123. The summed E-state index contributed by atoms with van der Waals surface area (Å²) in [7, 11) is 2.02. The molecule has 6 rings (SSSR count). The van der Waals surface area contributed by atoms with Gasteiger partial charge in [-0.15, -0.1) is 15.3 Å². The summed E-state index contributed by atoms with van der Waals surface area (Å²) in [6, 6.07) is 12.9. The van der Waals surface area contributed by atoms with E-state index in [1.54, 1.807) is 29.6 Å². The Balaban J connectivity index is 0.000000261. The van der Waals surface area contributed by atoms with Crippen molar-refractivity contribution >= 4 is 28.6 Å². The highest BCUT2D eigenvalue weighted by Crippen LogP contribution is 2.29. The van der Waals surface area contributed by atoms with Gasteiger partial charge in [0, 0.05) is 35.1 Å². The van der Waals surface area contributed by atoms with Gasteiger partial charge in [0.05, 0.1) is 11.6 Å². The van der Waals surface area contributed by atoms with Crippen LogP contribution in [0.25, 0.3) is 27.9 Å². The molecule has 4 aromatic heterocycles. The number of aldehydes is 1. The van der Waals surface area contributed by atoms with Gasteiger partial charge in [0.25, 0.3) is 0 Å². The highest BCUT2D eigenvalue weighted by atomic mass is 16.5. The third-order valence-electron chi connectivity index (χ3n) is 6.45. The van der Waals surface area contributed by atoms with Gasteiger partial charge >= 0.3 is 0 Å². The van der Waals surface area contributed by atoms with Crippen LogP contribution in [0.3, 0.4) is 0 Å². The molecule has 39 heavy (non-hydrogen) atoms. The van der Waals surface area contributed by atoms with E-state index in [9.17, 15) is 9.59 Å². The molecule has 12 heteroatoms. The third-order valence-corrected chi connectivity index (χ3v) is 6.45. The highest BCUT2D eigenvalue weighted by Gasteiger charge is 2.21. The number of nitrogens with zero attached hydrogens (tertiary/aromatic N) is 7. The second-order valence-electron chi connectivity index (χ2n) is 9.43. The van der Waals surface area contributed by atoms with Crippen LogP contribution in [0.2, 0.25) is 0 Å². The number of hydrogen-bond donors (Lipinski definition) is 1. The number of ether oxygens (including phenoxy) is 1. The van der Waals surface area contributed by atoms with Crippen molar-refractivity contribution in [3.05, 3.63) is 65.7 Å². The summed E-state index contributed by atoms with van der Waals surface area (Å²) in [5, 5.41) is 18.8. The van der Waals surface area contributed by atoms with Crippen molar-refractivity contribution in [2.75, 3.05) is 20.1 Å². The minimum Gasteiger partial charge on any atom is -0.470 e. The fourth-order valence-corrected chi connectivity index (χ4v) is 4.42. The molecule has 1 unspecified atom stereocenters. The van der Waals surface area contributed by atoms with Gasteiger partial charge in [-0.25, -0.2) is 0 Å². The van der Waals surface area contributed by atoms with E-state index in [1.165, 1.54) is 6.20 Å². The molecule has 0 aliphatic carbocycles. The molecule has 5 aromatic rings. The number of hydrogen-bond acceptors (Lipinski definition) is 10. The number of nitrogens with two attached hydrogens (primary N) is 1. The molecule has 1 amide bonds. The molecule has 1 aliphatic heterocycles. The molecule has 1 aliphatic rings. The number of amides is 1. The monoisotopic (exact) mass is 528 g/mol. The van der Waals surface area contributed by atoms with Gasteiger partial charge < -0.3 is 19.9 Å². The summed E-state index contributed by atoms with van der Waals surface area (Å²) in [6.45, 7) is 3.95. The molecule has 1 atom stereocenters. The zero-order valence-electron chi connectivity index (χ0n) is 21.6. The largest absolute Gasteiger partial charge is 0.470 e. The number of primary amides is 1. The average molecular weight is 529 g/mol. The quantitative estimate of drug-likeness (QED) is 0.325. The summed E-state index contributed by atoms with van der Waals surface area (Å²) in [6.07, 6.45) is 4.33. The maximum Gasteiger partial charge on any atom is 0.240 e. The van der Waals surface area contributed by atoms with Gasteiger partial charge in [-0.05, 0) is 51.6 Å². The molecule has 1 fully saturated rings. The summed E-state index contributed by atoms with van der Waals surface area (Å²) in [4.78, 5) is 27.9. The van der Waals surface area contributed by atoms with E-state index in [0.717, 1.165) is 43.0 Å². The van der Waals surface area contributed by atoms with Crippen LogP contribution in [-0.4, -0.2) is 67.2 Å². The number of pyridine rings is 1. The SMILES string of the molecule is CN1CCCC(C(N)=O)C1.Cc1cc(-c2nnc3c4ccccc4c(OCc4ccc(C=O)cn4)nn23)no1. The fraction of sp³-hybridized carbons (Fsp3) is 0.296. The third kappa shape index (κ3) is 5.75. The van der Waals surface area contributed by atoms with Crippen LogP contribution in [-0.2, 0) is 11.4 Å². The Morgan fingerprint density at radius 2 is 2.03 bits per heavy atom. The van der Waals surface area contributed by atoms with E-state index in [4.69, 9.17) is 15.0 Å². The highest BCUT2D eigenvalue weighted by molar-refractivity contribution is 5.97. The van der Waals surface area contributed by atoms with Gasteiger partial charge in [-0.1, -0.05) is 23.4 Å². The van der Waals surface area contributed by atoms with Crippen molar-refractivity contribution in [1.29, 1.82) is 0 Å². The first-order chi connectivity index (χ1) is 18.9. The van der Waals surface area contributed by atoms with Crippen molar-refractivity contribution in [2.45, 2.75) is 26.4 Å². The Bertz CT molecular complexity index is 1610. The number of benzene rings is 1. The van der Waals surface area contributed by atoms with Crippen LogP contribution in [0, 0.1) is 12.8 Å². The molecule has 1 aromatic carbocycles. The first-order valence-corrected chi connectivity index (χ1v) is 12.5. The number of carbonyl (C=O) groups is 2. The molecular weight excluding hydrogens is 500 g/mol. The summed E-state index contributed by atoms with van der Waals surface area (Å²) < 4.78 is 12.7. The molecule has 0 spiro atoms. The Morgan fingerprint density at radius 1 is 1.21 bits per heavy atom. The van der Waals surface area contributed by atoms with Crippen LogP contribution in [0.15, 0.2) is 53.2 Å². The van der Waals surface area contributed by atoms with Gasteiger partial charge in [-0.3, -0.25) is 14.6 Å². The number of rotatable bonds is 6. The summed E-state index contributed by atoms with van der Waals surface area (Å²) >= 11 is 0. The van der Waals surface area contributed by atoms with Crippen LogP contribution in [0.5, 0.6) is 5.88 Å². The molecular formula is C27H28N8O4. The zero-order chi connectivity index (χ0) is 27.4. The maximum atomic E-state index is 10.8. The molecule has 1 saturated heterocycles. The first-order valence-electron chi connectivity index (χ1n) is 12.5. The minimum atomic E-state index is -0.147. The van der Waals surface area contributed by atoms with Crippen molar-refractivity contribution in [3.8, 4) is 17.4 Å². The van der Waals surface area contributed by atoms with E-state index in [2.05, 4.69) is 30.3 Å². The number of piperidine rings is 1. The lowest BCUT2D eigenvalue weighted by Gasteiger charge is -2.27.